The molecule has 47 heavy (non-hydrogen) atoms. The molecule has 0 fully saturated rings. The minimum atomic E-state index is -1.05. The van der Waals surface area contributed by atoms with E-state index in [0.29, 0.717) is 17.9 Å². The van der Waals surface area contributed by atoms with Crippen molar-refractivity contribution in [2.24, 2.45) is 0 Å². The van der Waals surface area contributed by atoms with Crippen LogP contribution in [0.4, 0.5) is 0 Å². The monoisotopic (exact) mass is 646 g/mol. The molecule has 0 saturated heterocycles. The lowest BCUT2D eigenvalue weighted by Gasteiger charge is -2.12. The highest BCUT2D eigenvalue weighted by Crippen LogP contribution is 2.20. The molecule has 0 aliphatic carbocycles. The van der Waals surface area contributed by atoms with Crippen molar-refractivity contribution in [2.45, 2.75) is 91.1 Å². The molecule has 0 N–H and O–H groups in total. The quantitative estimate of drug-likeness (QED) is 0.0677. The van der Waals surface area contributed by atoms with Gasteiger partial charge in [0, 0.05) is 0 Å². The van der Waals surface area contributed by atoms with E-state index >= 15 is 0 Å². The van der Waals surface area contributed by atoms with E-state index in [-0.39, 0.29) is 29.2 Å². The van der Waals surface area contributed by atoms with Gasteiger partial charge in [-0.05, 0) is 93.1 Å². The van der Waals surface area contributed by atoms with Crippen LogP contribution in [0.5, 0.6) is 17.2 Å². The molecule has 3 aromatic rings. The van der Waals surface area contributed by atoms with Crippen molar-refractivity contribution in [3.63, 3.8) is 0 Å². The van der Waals surface area contributed by atoms with Gasteiger partial charge < -0.3 is 23.7 Å². The maximum Gasteiger partial charge on any atom is 0.347 e. The van der Waals surface area contributed by atoms with Gasteiger partial charge in [-0.25, -0.2) is 19.2 Å². The molecule has 0 spiro atoms. The Morgan fingerprint density at radius 2 is 0.936 bits per heavy atom. The maximum absolute atomic E-state index is 12.6. The van der Waals surface area contributed by atoms with Gasteiger partial charge in [-0.15, -0.1) is 0 Å². The molecule has 0 aromatic heterocycles. The first-order chi connectivity index (χ1) is 22.8. The Morgan fingerprint density at radius 1 is 0.532 bits per heavy atom. The molecule has 0 heterocycles. The van der Waals surface area contributed by atoms with Crippen molar-refractivity contribution in [1.29, 1.82) is 0 Å². The molecular weight excluding hydrogens is 600 g/mol. The molecule has 252 valence electrons. The van der Waals surface area contributed by atoms with Crippen molar-refractivity contribution in [2.75, 3.05) is 13.2 Å². The summed E-state index contributed by atoms with van der Waals surface area (Å²) in [4.78, 5) is 49.2. The molecule has 0 saturated carbocycles. The van der Waals surface area contributed by atoms with E-state index in [0.717, 1.165) is 12.8 Å². The van der Waals surface area contributed by atoms with E-state index in [1.54, 1.807) is 31.2 Å². The molecule has 1 atom stereocenters. The van der Waals surface area contributed by atoms with Crippen LogP contribution in [-0.4, -0.2) is 43.2 Å². The van der Waals surface area contributed by atoms with Gasteiger partial charge in [-0.3, -0.25) is 0 Å². The molecule has 0 aliphatic rings. The van der Waals surface area contributed by atoms with Gasteiger partial charge in [0.2, 0.25) is 0 Å². The number of ether oxygens (including phenoxy) is 5. The highest BCUT2D eigenvalue weighted by atomic mass is 16.6. The van der Waals surface area contributed by atoms with Crippen molar-refractivity contribution >= 4 is 23.9 Å². The Hall–Kier alpha value is -4.66. The summed E-state index contributed by atoms with van der Waals surface area (Å²) in [6, 6.07) is 18.5. The first-order valence-corrected chi connectivity index (χ1v) is 16.6. The van der Waals surface area contributed by atoms with Crippen LogP contribution in [0.15, 0.2) is 72.8 Å². The van der Waals surface area contributed by atoms with Gasteiger partial charge in [0.15, 0.2) is 6.10 Å². The number of benzene rings is 3. The zero-order chi connectivity index (χ0) is 33.9. The lowest BCUT2D eigenvalue weighted by atomic mass is 10.1. The third-order valence-corrected chi connectivity index (χ3v) is 7.36. The summed E-state index contributed by atoms with van der Waals surface area (Å²) >= 11 is 0. The average Bonchev–Trinajstić information content (AvgIpc) is 3.08. The fourth-order valence-corrected chi connectivity index (χ4v) is 4.65. The van der Waals surface area contributed by atoms with E-state index in [9.17, 15) is 19.2 Å². The third kappa shape index (κ3) is 13.3. The standard InChI is InChI=1S/C38H46O9/c1-4-6-7-8-9-10-11-12-13-14-27-44-32-21-15-30(16-22-32)37(41)46-34-25-19-31(20-26-34)38(42)47-33-23-17-29(18-24-33)36(40)45-28(3)35(39)43-5-2/h15-26,28H,4-14,27H2,1-3H3. The zero-order valence-electron chi connectivity index (χ0n) is 27.7. The van der Waals surface area contributed by atoms with Crippen molar-refractivity contribution in [3.8, 4) is 17.2 Å². The molecule has 3 aromatic carbocycles. The number of unbranched alkanes of at least 4 members (excludes halogenated alkanes) is 9. The van der Waals surface area contributed by atoms with Crippen LogP contribution in [0.1, 0.15) is 116 Å². The summed E-state index contributed by atoms with van der Waals surface area (Å²) < 4.78 is 26.6. The van der Waals surface area contributed by atoms with E-state index < -0.39 is 30.0 Å². The van der Waals surface area contributed by atoms with Crippen LogP contribution in [-0.2, 0) is 14.3 Å². The number of hydrogen-bond donors (Lipinski definition) is 0. The summed E-state index contributed by atoms with van der Waals surface area (Å²) in [6.07, 6.45) is 11.6. The van der Waals surface area contributed by atoms with Crippen LogP contribution >= 0.6 is 0 Å². The molecule has 9 nitrogen and oxygen atoms in total. The lowest BCUT2D eigenvalue weighted by molar-refractivity contribution is -0.152. The number of rotatable bonds is 20. The second kappa shape index (κ2) is 20.5. The third-order valence-electron chi connectivity index (χ3n) is 7.36. The molecule has 3 rings (SSSR count). The SMILES string of the molecule is CCCCCCCCCCCCOc1ccc(C(=O)Oc2ccc(C(=O)Oc3ccc(C(=O)OC(C)C(=O)OCC)cc3)cc2)cc1. The number of carbonyl (C=O) groups is 4. The topological polar surface area (TPSA) is 114 Å². The van der Waals surface area contributed by atoms with Gasteiger partial charge >= 0.3 is 23.9 Å². The summed E-state index contributed by atoms with van der Waals surface area (Å²) in [5, 5.41) is 0. The van der Waals surface area contributed by atoms with Crippen molar-refractivity contribution in [1.82, 2.24) is 0 Å². The Labute approximate surface area is 277 Å². The fraction of sp³-hybridized carbons (Fsp3) is 0.421. The maximum atomic E-state index is 12.6. The first-order valence-electron chi connectivity index (χ1n) is 16.6. The molecule has 0 radical (unpaired) electrons. The summed E-state index contributed by atoms with van der Waals surface area (Å²) in [5.74, 6) is -1.33. The normalized spacial score (nSPS) is 11.3. The minimum absolute atomic E-state index is 0.179. The van der Waals surface area contributed by atoms with Gasteiger partial charge in [0.1, 0.15) is 17.2 Å². The lowest BCUT2D eigenvalue weighted by Crippen LogP contribution is -2.26. The first kappa shape index (κ1) is 36.8. The van der Waals surface area contributed by atoms with Gasteiger partial charge in [0.25, 0.3) is 0 Å². The highest BCUT2D eigenvalue weighted by Gasteiger charge is 2.20. The van der Waals surface area contributed by atoms with E-state index in [2.05, 4.69) is 6.92 Å². The Bertz CT molecular complexity index is 1400. The largest absolute Gasteiger partial charge is 0.494 e. The van der Waals surface area contributed by atoms with E-state index in [1.807, 2.05) is 0 Å². The minimum Gasteiger partial charge on any atom is -0.494 e. The number of carbonyl (C=O) groups excluding carboxylic acids is 4. The summed E-state index contributed by atoms with van der Waals surface area (Å²) in [7, 11) is 0. The average molecular weight is 647 g/mol. The Kier molecular flexibility index (Phi) is 16.0. The van der Waals surface area contributed by atoms with Crippen LogP contribution in [0.3, 0.4) is 0 Å². The van der Waals surface area contributed by atoms with Crippen LogP contribution in [0, 0.1) is 0 Å². The fourth-order valence-electron chi connectivity index (χ4n) is 4.65. The molecule has 9 heteroatoms. The zero-order valence-corrected chi connectivity index (χ0v) is 27.7. The van der Waals surface area contributed by atoms with Crippen LogP contribution in [0.25, 0.3) is 0 Å². The highest BCUT2D eigenvalue weighted by molar-refractivity contribution is 5.93. The van der Waals surface area contributed by atoms with Gasteiger partial charge in [-0.2, -0.15) is 0 Å². The van der Waals surface area contributed by atoms with Crippen LogP contribution in [0.2, 0.25) is 0 Å². The molecule has 1 unspecified atom stereocenters. The van der Waals surface area contributed by atoms with Gasteiger partial charge in [-0.1, -0.05) is 64.7 Å². The summed E-state index contributed by atoms with van der Waals surface area (Å²) in [5.41, 5.74) is 0.793. The second-order valence-electron chi connectivity index (χ2n) is 11.2. The Morgan fingerprint density at radius 3 is 1.38 bits per heavy atom. The molecular formula is C38H46O9. The second-order valence-corrected chi connectivity index (χ2v) is 11.2. The number of esters is 4. The number of hydrogen-bond acceptors (Lipinski definition) is 9. The van der Waals surface area contributed by atoms with Crippen molar-refractivity contribution in [3.05, 3.63) is 89.5 Å². The summed E-state index contributed by atoms with van der Waals surface area (Å²) in [6.45, 7) is 6.15. The van der Waals surface area contributed by atoms with E-state index in [4.69, 9.17) is 23.7 Å². The van der Waals surface area contributed by atoms with Crippen molar-refractivity contribution < 1.29 is 42.9 Å². The molecule has 0 bridgehead atoms. The van der Waals surface area contributed by atoms with Gasteiger partial charge in [0.05, 0.1) is 29.9 Å². The van der Waals surface area contributed by atoms with Crippen LogP contribution < -0.4 is 14.2 Å². The smallest absolute Gasteiger partial charge is 0.347 e. The van der Waals surface area contributed by atoms with E-state index in [1.165, 1.54) is 107 Å². The Balaban J connectivity index is 1.37. The molecule has 0 aliphatic heterocycles. The predicted octanol–water partition coefficient (Wildman–Crippen LogP) is 8.53. The molecule has 0 amide bonds. The predicted molar refractivity (Wildman–Crippen MR) is 178 cm³/mol.